The van der Waals surface area contributed by atoms with Crippen LogP contribution in [0.15, 0.2) is 164 Å². The van der Waals surface area contributed by atoms with E-state index in [1.165, 1.54) is 0 Å². The third-order valence-corrected chi connectivity index (χ3v) is 8.76. The summed E-state index contributed by atoms with van der Waals surface area (Å²) in [4.78, 5) is 18.4. The summed E-state index contributed by atoms with van der Waals surface area (Å²) in [6.45, 7) is 7.52. The molecule has 1 heterocycles. The van der Waals surface area contributed by atoms with Crippen molar-refractivity contribution in [1.82, 2.24) is 15.0 Å². The van der Waals surface area contributed by atoms with Gasteiger partial charge in [-0.2, -0.15) is 5.26 Å². The molecule has 0 radical (unpaired) electrons. The molecule has 8 rings (SSSR count). The second-order valence-corrected chi connectivity index (χ2v) is 11.9. The predicted molar refractivity (Wildman–Crippen MR) is 201 cm³/mol. The largest absolute Gasteiger partial charge is 0.238 e. The molecule has 1 aromatic heterocycles. The van der Waals surface area contributed by atoms with E-state index in [9.17, 15) is 5.26 Å². The number of nitrogens with zero attached hydrogens (tertiary/aromatic N) is 5. The maximum atomic E-state index is 9.62. The zero-order valence-corrected chi connectivity index (χ0v) is 26.8. The number of nitriles is 1. The van der Waals surface area contributed by atoms with Crippen molar-refractivity contribution < 1.29 is 0 Å². The van der Waals surface area contributed by atoms with Crippen LogP contribution in [0.2, 0.25) is 0 Å². The summed E-state index contributed by atoms with van der Waals surface area (Å²) in [5.74, 6) is 1.83. The van der Waals surface area contributed by atoms with Crippen LogP contribution >= 0.6 is 0 Å². The zero-order chi connectivity index (χ0) is 33.9. The highest BCUT2D eigenvalue weighted by Crippen LogP contribution is 2.38. The van der Waals surface area contributed by atoms with Crippen molar-refractivity contribution in [1.29, 1.82) is 5.26 Å². The molecule has 0 bridgehead atoms. The van der Waals surface area contributed by atoms with E-state index in [1.54, 1.807) is 6.07 Å². The average molecular weight is 638 g/mol. The molecule has 7 aromatic carbocycles. The standard InChI is InChI=1S/C45H27N5/c1-47-40-16-8-15-38(27-40)41-24-23-36(28-42(41)37-14-7-9-30(25-37)29-46)32-17-20-34(21-18-32)44-48-43(33-11-3-2-4-12-33)49-45(50-44)39-22-19-31-10-5-6-13-35(31)26-39/h2-28H. The van der Waals surface area contributed by atoms with E-state index < -0.39 is 0 Å². The molecule has 0 N–H and O–H groups in total. The van der Waals surface area contributed by atoms with Crippen molar-refractivity contribution in [3.8, 4) is 73.6 Å². The quantitative estimate of drug-likeness (QED) is 0.170. The van der Waals surface area contributed by atoms with Gasteiger partial charge in [0.1, 0.15) is 0 Å². The highest BCUT2D eigenvalue weighted by atomic mass is 15.0. The Labute approximate surface area is 290 Å². The van der Waals surface area contributed by atoms with E-state index in [0.717, 1.165) is 60.8 Å². The van der Waals surface area contributed by atoms with Crippen LogP contribution in [0.5, 0.6) is 0 Å². The number of fused-ring (bicyclic) bond motifs is 1. The third-order valence-electron chi connectivity index (χ3n) is 8.76. The Balaban J connectivity index is 1.21. The van der Waals surface area contributed by atoms with Gasteiger partial charge < -0.3 is 0 Å². The maximum Gasteiger partial charge on any atom is 0.187 e. The van der Waals surface area contributed by atoms with Crippen LogP contribution in [0.25, 0.3) is 83.2 Å². The fourth-order valence-electron chi connectivity index (χ4n) is 6.20. The molecule has 0 saturated carbocycles. The summed E-state index contributed by atoms with van der Waals surface area (Å²) >= 11 is 0. The van der Waals surface area contributed by atoms with E-state index in [2.05, 4.69) is 71.6 Å². The molecule has 0 atom stereocenters. The van der Waals surface area contributed by atoms with E-state index >= 15 is 0 Å². The minimum Gasteiger partial charge on any atom is -0.238 e. The summed E-state index contributed by atoms with van der Waals surface area (Å²) in [7, 11) is 0. The smallest absolute Gasteiger partial charge is 0.187 e. The Bertz CT molecular complexity index is 2610. The van der Waals surface area contributed by atoms with Gasteiger partial charge in [0.05, 0.1) is 18.2 Å². The lowest BCUT2D eigenvalue weighted by Gasteiger charge is -2.14. The molecule has 0 aliphatic heterocycles. The highest BCUT2D eigenvalue weighted by molar-refractivity contribution is 5.89. The Morgan fingerprint density at radius 1 is 0.420 bits per heavy atom. The molecule has 0 fully saturated rings. The molecule has 0 saturated heterocycles. The predicted octanol–water partition coefficient (Wildman–Crippen LogP) is 11.4. The second kappa shape index (κ2) is 13.1. The van der Waals surface area contributed by atoms with E-state index in [1.807, 2.05) is 97.1 Å². The van der Waals surface area contributed by atoms with Crippen molar-refractivity contribution in [3.63, 3.8) is 0 Å². The summed E-state index contributed by atoms with van der Waals surface area (Å²) in [5.41, 5.74) is 9.81. The van der Waals surface area contributed by atoms with Crippen molar-refractivity contribution in [2.45, 2.75) is 0 Å². The first-order chi connectivity index (χ1) is 24.6. The molecule has 0 amide bonds. The van der Waals surface area contributed by atoms with Gasteiger partial charge in [-0.05, 0) is 74.5 Å². The van der Waals surface area contributed by atoms with Gasteiger partial charge >= 0.3 is 0 Å². The molecular weight excluding hydrogens is 611 g/mol. The maximum absolute atomic E-state index is 9.62. The number of hydrogen-bond donors (Lipinski definition) is 0. The lowest BCUT2D eigenvalue weighted by atomic mass is 9.90. The fraction of sp³-hybridized carbons (Fsp3) is 0. The zero-order valence-electron chi connectivity index (χ0n) is 26.8. The van der Waals surface area contributed by atoms with Gasteiger partial charge in [0, 0.05) is 16.7 Å². The third kappa shape index (κ3) is 6.00. The van der Waals surface area contributed by atoms with Crippen LogP contribution in [0.3, 0.4) is 0 Å². The first-order valence-electron chi connectivity index (χ1n) is 16.2. The molecular formula is C45H27N5. The Kier molecular flexibility index (Phi) is 7.91. The lowest BCUT2D eigenvalue weighted by Crippen LogP contribution is -2.00. The number of rotatable bonds is 6. The fourth-order valence-corrected chi connectivity index (χ4v) is 6.20. The van der Waals surface area contributed by atoms with Crippen molar-refractivity contribution in [2.24, 2.45) is 0 Å². The van der Waals surface area contributed by atoms with Crippen molar-refractivity contribution >= 4 is 16.5 Å². The van der Waals surface area contributed by atoms with Gasteiger partial charge in [0.2, 0.25) is 0 Å². The Morgan fingerprint density at radius 2 is 1.00 bits per heavy atom. The van der Waals surface area contributed by atoms with Gasteiger partial charge in [-0.25, -0.2) is 19.8 Å². The molecule has 50 heavy (non-hydrogen) atoms. The van der Waals surface area contributed by atoms with Crippen LogP contribution in [0.4, 0.5) is 5.69 Å². The molecule has 0 aliphatic rings. The molecule has 0 unspecified atom stereocenters. The first-order valence-corrected chi connectivity index (χ1v) is 16.2. The van der Waals surface area contributed by atoms with Crippen LogP contribution in [-0.2, 0) is 0 Å². The normalized spacial score (nSPS) is 10.8. The minimum absolute atomic E-state index is 0.580. The molecule has 5 heteroatoms. The summed E-state index contributed by atoms with van der Waals surface area (Å²) in [5, 5.41) is 11.9. The summed E-state index contributed by atoms with van der Waals surface area (Å²) < 4.78 is 0. The van der Waals surface area contributed by atoms with Gasteiger partial charge in [-0.15, -0.1) is 0 Å². The Morgan fingerprint density at radius 3 is 1.74 bits per heavy atom. The minimum atomic E-state index is 0.580. The summed E-state index contributed by atoms with van der Waals surface area (Å²) in [6, 6.07) is 56.7. The van der Waals surface area contributed by atoms with Gasteiger partial charge in [-0.1, -0.05) is 133 Å². The molecule has 232 valence electrons. The van der Waals surface area contributed by atoms with Gasteiger partial charge in [-0.3, -0.25) is 0 Å². The number of aromatic nitrogens is 3. The highest BCUT2D eigenvalue weighted by Gasteiger charge is 2.15. The van der Waals surface area contributed by atoms with E-state index in [4.69, 9.17) is 21.5 Å². The van der Waals surface area contributed by atoms with Gasteiger partial charge in [0.15, 0.2) is 23.2 Å². The van der Waals surface area contributed by atoms with Gasteiger partial charge in [0.25, 0.3) is 0 Å². The van der Waals surface area contributed by atoms with Crippen LogP contribution in [0, 0.1) is 17.9 Å². The Hall–Kier alpha value is -7.21. The average Bonchev–Trinajstić information content (AvgIpc) is 3.20. The van der Waals surface area contributed by atoms with Crippen molar-refractivity contribution in [2.75, 3.05) is 0 Å². The van der Waals surface area contributed by atoms with Crippen LogP contribution in [-0.4, -0.2) is 15.0 Å². The molecule has 0 aliphatic carbocycles. The topological polar surface area (TPSA) is 66.8 Å². The molecule has 0 spiro atoms. The first kappa shape index (κ1) is 30.1. The van der Waals surface area contributed by atoms with Crippen LogP contribution in [0.1, 0.15) is 5.56 Å². The number of benzene rings is 7. The second-order valence-electron chi connectivity index (χ2n) is 11.9. The monoisotopic (exact) mass is 637 g/mol. The van der Waals surface area contributed by atoms with Crippen LogP contribution < -0.4 is 0 Å². The number of hydrogen-bond acceptors (Lipinski definition) is 4. The SMILES string of the molecule is [C-]#[N+]c1cccc(-c2ccc(-c3ccc(-c4nc(-c5ccccc5)nc(-c5ccc6ccccc6c5)n4)cc3)cc2-c2cccc(C#N)c2)c1. The van der Waals surface area contributed by atoms with E-state index in [0.29, 0.717) is 28.7 Å². The lowest BCUT2D eigenvalue weighted by molar-refractivity contribution is 1.07. The molecule has 5 nitrogen and oxygen atoms in total. The molecule has 8 aromatic rings. The van der Waals surface area contributed by atoms with Crippen molar-refractivity contribution in [3.05, 3.63) is 181 Å². The van der Waals surface area contributed by atoms with E-state index in [-0.39, 0.29) is 0 Å². The summed E-state index contributed by atoms with van der Waals surface area (Å²) in [6.07, 6.45) is 0.